The fourth-order valence-corrected chi connectivity index (χ4v) is 6.47. The lowest BCUT2D eigenvalue weighted by Gasteiger charge is -2.37. The number of carbonyl (C=O) groups excluding carboxylic acids is 1. The quantitative estimate of drug-likeness (QED) is 0.132. The molecule has 1 aliphatic rings. The van der Waals surface area contributed by atoms with Gasteiger partial charge in [-0.2, -0.15) is 0 Å². The van der Waals surface area contributed by atoms with Gasteiger partial charge in [0, 0.05) is 5.92 Å². The summed E-state index contributed by atoms with van der Waals surface area (Å²) in [6.07, 6.45) is -0.640. The van der Waals surface area contributed by atoms with Gasteiger partial charge in [-0.25, -0.2) is 9.59 Å². The van der Waals surface area contributed by atoms with Gasteiger partial charge in [-0.05, 0) is 64.0 Å². The zero-order valence-corrected chi connectivity index (χ0v) is 25.6. The Bertz CT molecular complexity index is 1710. The lowest BCUT2D eigenvalue weighted by atomic mass is 9.77. The molecule has 1 atom stereocenters. The third kappa shape index (κ3) is 6.10. The maximum Gasteiger partial charge on any atom is 0.407 e. The number of hydrogen-bond donors (Lipinski definition) is 3. The number of carbonyl (C=O) groups is 2. The molecule has 0 fully saturated rings. The van der Waals surface area contributed by atoms with Gasteiger partial charge >= 0.3 is 12.1 Å². The smallest absolute Gasteiger partial charge is 0.407 e. The third-order valence-electron chi connectivity index (χ3n) is 8.69. The summed E-state index contributed by atoms with van der Waals surface area (Å²) in [5.41, 5.74) is 6.56. The van der Waals surface area contributed by atoms with E-state index < -0.39 is 23.6 Å². The molecule has 3 N–H and O–H groups in total. The fourth-order valence-electron chi connectivity index (χ4n) is 6.47. The van der Waals surface area contributed by atoms with Crippen LogP contribution in [0, 0.1) is 0 Å². The molecule has 0 bridgehead atoms. The summed E-state index contributed by atoms with van der Waals surface area (Å²) in [7, 11) is 1.63. The highest BCUT2D eigenvalue weighted by molar-refractivity contribution is 5.81. The second-order valence-electron chi connectivity index (χ2n) is 11.3. The normalized spacial score (nSPS) is 12.9. The van der Waals surface area contributed by atoms with Crippen LogP contribution in [-0.2, 0) is 15.1 Å². The molecule has 7 nitrogen and oxygen atoms in total. The van der Waals surface area contributed by atoms with Crippen LogP contribution in [-0.4, -0.2) is 43.5 Å². The molecule has 7 heteroatoms. The van der Waals surface area contributed by atoms with E-state index in [0.29, 0.717) is 0 Å². The molecule has 0 saturated heterocycles. The number of rotatable bonds is 12. The minimum absolute atomic E-state index is 0.104. The van der Waals surface area contributed by atoms with Gasteiger partial charge in [0.15, 0.2) is 0 Å². The third-order valence-corrected chi connectivity index (χ3v) is 8.69. The Labute approximate surface area is 268 Å². The molecule has 0 heterocycles. The van der Waals surface area contributed by atoms with Crippen LogP contribution in [0.4, 0.5) is 4.79 Å². The molecule has 5 aromatic carbocycles. The summed E-state index contributed by atoms with van der Waals surface area (Å²) in [5, 5.41) is 16.4. The Balaban J connectivity index is 1.19. The summed E-state index contributed by atoms with van der Waals surface area (Å²) >= 11 is 0. The fraction of sp³-hybridized carbons (Fsp3) is 0.179. The van der Waals surface area contributed by atoms with Crippen LogP contribution in [0.1, 0.15) is 40.2 Å². The Morgan fingerprint density at radius 2 is 1.22 bits per heavy atom. The molecule has 232 valence electrons. The summed E-state index contributed by atoms with van der Waals surface area (Å²) in [4.78, 5) is 25.3. The Morgan fingerprint density at radius 3 is 1.74 bits per heavy atom. The Hall–Kier alpha value is -5.40. The lowest BCUT2D eigenvalue weighted by Crippen LogP contribution is -2.48. The van der Waals surface area contributed by atoms with Crippen molar-refractivity contribution in [1.82, 2.24) is 10.6 Å². The van der Waals surface area contributed by atoms with Crippen LogP contribution < -0.4 is 15.4 Å². The number of nitrogens with one attached hydrogen (secondary N) is 2. The van der Waals surface area contributed by atoms with E-state index in [4.69, 9.17) is 9.47 Å². The van der Waals surface area contributed by atoms with E-state index in [1.165, 1.54) is 0 Å². The summed E-state index contributed by atoms with van der Waals surface area (Å²) in [5.74, 6) is -0.522. The van der Waals surface area contributed by atoms with Crippen molar-refractivity contribution in [3.05, 3.63) is 161 Å². The molecular formula is C39H36N2O5. The molecule has 0 aliphatic heterocycles. The van der Waals surface area contributed by atoms with Crippen LogP contribution in [0.15, 0.2) is 133 Å². The zero-order valence-electron chi connectivity index (χ0n) is 25.6. The summed E-state index contributed by atoms with van der Waals surface area (Å²) in [6.45, 7) is 0.378. The first-order valence-corrected chi connectivity index (χ1v) is 15.4. The van der Waals surface area contributed by atoms with Crippen molar-refractivity contribution in [1.29, 1.82) is 0 Å². The largest absolute Gasteiger partial charge is 0.497 e. The van der Waals surface area contributed by atoms with Gasteiger partial charge in [-0.1, -0.05) is 121 Å². The molecule has 0 saturated carbocycles. The molecule has 0 radical (unpaired) electrons. The van der Waals surface area contributed by atoms with E-state index in [9.17, 15) is 14.7 Å². The van der Waals surface area contributed by atoms with E-state index in [1.54, 1.807) is 7.11 Å². The molecule has 1 aliphatic carbocycles. The standard InChI is InChI=1S/C39H36N2O5/c1-45-30-22-20-29(21-23-30)39(27-12-4-2-5-13-27,28-14-6-3-7-15-28)40-25-24-36(37(42)43)41-38(44)46-26-35-33-18-10-8-16-31(33)32-17-9-11-19-34(32)35/h2-23,35-36,40H,24-26H2,1H3,(H,41,44)(H,42,43)/t36-/m1/s1. The monoisotopic (exact) mass is 612 g/mol. The first-order chi connectivity index (χ1) is 22.5. The molecule has 0 spiro atoms. The maximum absolute atomic E-state index is 13.0. The van der Waals surface area contributed by atoms with Crippen molar-refractivity contribution < 1.29 is 24.2 Å². The van der Waals surface area contributed by atoms with E-state index >= 15 is 0 Å². The highest BCUT2D eigenvalue weighted by atomic mass is 16.5. The molecule has 6 rings (SSSR count). The van der Waals surface area contributed by atoms with Gasteiger partial charge in [-0.3, -0.25) is 5.32 Å². The van der Waals surface area contributed by atoms with Crippen LogP contribution in [0.3, 0.4) is 0 Å². The highest BCUT2D eigenvalue weighted by Crippen LogP contribution is 2.44. The average Bonchev–Trinajstić information content (AvgIpc) is 3.43. The maximum atomic E-state index is 13.0. The van der Waals surface area contributed by atoms with Crippen molar-refractivity contribution in [3.8, 4) is 16.9 Å². The van der Waals surface area contributed by atoms with Crippen molar-refractivity contribution >= 4 is 12.1 Å². The number of hydrogen-bond acceptors (Lipinski definition) is 5. The number of carboxylic acid groups (broad SMARTS) is 1. The van der Waals surface area contributed by atoms with Gasteiger partial charge in [0.2, 0.25) is 0 Å². The number of amides is 1. The molecule has 1 amide bonds. The lowest BCUT2D eigenvalue weighted by molar-refractivity contribution is -0.139. The number of methoxy groups -OCH3 is 1. The summed E-state index contributed by atoms with van der Waals surface area (Å²) in [6, 6.07) is 42.9. The zero-order chi connectivity index (χ0) is 31.9. The number of carboxylic acids is 1. The van der Waals surface area contributed by atoms with Crippen molar-refractivity contribution in [3.63, 3.8) is 0 Å². The van der Waals surface area contributed by atoms with E-state index in [0.717, 1.165) is 44.7 Å². The van der Waals surface area contributed by atoms with Crippen molar-refractivity contribution in [2.45, 2.75) is 23.9 Å². The van der Waals surface area contributed by atoms with Gasteiger partial charge in [0.25, 0.3) is 0 Å². The molecule has 0 aromatic heterocycles. The van der Waals surface area contributed by atoms with Crippen LogP contribution >= 0.6 is 0 Å². The van der Waals surface area contributed by atoms with Gasteiger partial charge in [-0.15, -0.1) is 0 Å². The van der Waals surface area contributed by atoms with E-state index in [1.807, 2.05) is 121 Å². The summed E-state index contributed by atoms with van der Waals surface area (Å²) < 4.78 is 11.1. The van der Waals surface area contributed by atoms with E-state index in [-0.39, 0.29) is 25.5 Å². The van der Waals surface area contributed by atoms with Crippen LogP contribution in [0.2, 0.25) is 0 Å². The SMILES string of the molecule is COc1ccc(C(NCC[C@@H](NC(=O)OCC2c3ccccc3-c3ccccc32)C(=O)O)(c2ccccc2)c2ccccc2)cc1. The highest BCUT2D eigenvalue weighted by Gasteiger charge is 2.36. The van der Waals surface area contributed by atoms with Gasteiger partial charge in [0.05, 0.1) is 12.6 Å². The van der Waals surface area contributed by atoms with Crippen molar-refractivity contribution in [2.75, 3.05) is 20.3 Å². The molecule has 0 unspecified atom stereocenters. The minimum Gasteiger partial charge on any atom is -0.497 e. The second-order valence-corrected chi connectivity index (χ2v) is 11.3. The minimum atomic E-state index is -1.16. The number of alkyl carbamates (subject to hydrolysis) is 1. The average molecular weight is 613 g/mol. The predicted octanol–water partition coefficient (Wildman–Crippen LogP) is 6.96. The number of benzene rings is 5. The number of ether oxygens (including phenoxy) is 2. The van der Waals surface area contributed by atoms with Gasteiger partial charge < -0.3 is 19.9 Å². The topological polar surface area (TPSA) is 96.9 Å². The Kier molecular flexibility index (Phi) is 9.13. The second kappa shape index (κ2) is 13.7. The van der Waals surface area contributed by atoms with Crippen LogP contribution in [0.25, 0.3) is 11.1 Å². The van der Waals surface area contributed by atoms with Crippen molar-refractivity contribution in [2.24, 2.45) is 0 Å². The predicted molar refractivity (Wildman–Crippen MR) is 178 cm³/mol. The Morgan fingerprint density at radius 1 is 0.717 bits per heavy atom. The number of aliphatic carboxylic acids is 1. The van der Waals surface area contributed by atoms with Crippen LogP contribution in [0.5, 0.6) is 5.75 Å². The molecular weight excluding hydrogens is 576 g/mol. The number of fused-ring (bicyclic) bond motifs is 3. The molecule has 5 aromatic rings. The molecule has 46 heavy (non-hydrogen) atoms. The first kappa shape index (κ1) is 30.6. The first-order valence-electron chi connectivity index (χ1n) is 15.4. The van der Waals surface area contributed by atoms with E-state index in [2.05, 4.69) is 22.8 Å². The van der Waals surface area contributed by atoms with Gasteiger partial charge in [0.1, 0.15) is 18.4 Å².